The number of ether oxygens (including phenoxy) is 6. The molecule has 0 saturated carbocycles. The van der Waals surface area contributed by atoms with Gasteiger partial charge >= 0.3 is 5.97 Å². The number of methoxy groups -OCH3 is 1. The Morgan fingerprint density at radius 2 is 1.59 bits per heavy atom. The molecular weight excluding hydrogens is 736 g/mol. The second kappa shape index (κ2) is 15.8. The van der Waals surface area contributed by atoms with E-state index in [-0.39, 0.29) is 45.5 Å². The Kier molecular flexibility index (Phi) is 10.7. The Balaban J connectivity index is 1.09. The predicted molar refractivity (Wildman–Crippen MR) is 195 cm³/mol. The lowest BCUT2D eigenvalue weighted by atomic mass is 9.99. The lowest BCUT2D eigenvalue weighted by Gasteiger charge is -2.41. The third-order valence-corrected chi connectivity index (χ3v) is 9.22. The van der Waals surface area contributed by atoms with E-state index < -0.39 is 73.3 Å². The van der Waals surface area contributed by atoms with E-state index in [4.69, 9.17) is 32.8 Å². The largest absolute Gasteiger partial charge is 0.508 e. The van der Waals surface area contributed by atoms with Crippen LogP contribution >= 0.6 is 0 Å². The van der Waals surface area contributed by atoms with Crippen LogP contribution in [0.15, 0.2) is 94.2 Å². The van der Waals surface area contributed by atoms with Gasteiger partial charge in [-0.3, -0.25) is 4.79 Å². The first-order chi connectivity index (χ1) is 27.0. The summed E-state index contributed by atoms with van der Waals surface area (Å²) < 4.78 is 40.2. The molecule has 0 spiro atoms. The molecule has 3 heterocycles. The number of benzene rings is 4. The monoisotopic (exact) mass is 772 g/mol. The summed E-state index contributed by atoms with van der Waals surface area (Å²) >= 11 is 0. The number of esters is 1. The molecule has 1 saturated heterocycles. The number of phenolic OH excluding ortho intramolecular Hbond substituents is 3. The third-order valence-electron chi connectivity index (χ3n) is 9.22. The fourth-order valence-electron chi connectivity index (χ4n) is 6.38. The minimum absolute atomic E-state index is 0.0388. The van der Waals surface area contributed by atoms with Gasteiger partial charge in [0.2, 0.25) is 6.29 Å². The molecule has 7 N–H and O–H groups in total. The normalized spacial score (nSPS) is 23.2. The average Bonchev–Trinajstić information content (AvgIpc) is 3.19. The van der Waals surface area contributed by atoms with Crippen LogP contribution in [0.2, 0.25) is 0 Å². The summed E-state index contributed by atoms with van der Waals surface area (Å²) in [7, 11) is 1.41. The molecule has 0 radical (unpaired) electrons. The van der Waals surface area contributed by atoms with Crippen molar-refractivity contribution in [2.75, 3.05) is 20.3 Å². The van der Waals surface area contributed by atoms with E-state index in [1.54, 1.807) is 42.5 Å². The first kappa shape index (κ1) is 38.0. The molecule has 2 aliphatic rings. The number of hydrogen-bond donors (Lipinski definition) is 7. The van der Waals surface area contributed by atoms with Gasteiger partial charge in [0.25, 0.3) is 0 Å². The van der Waals surface area contributed by atoms with Crippen molar-refractivity contribution in [3.8, 4) is 51.6 Å². The molecule has 7 rings (SSSR count). The van der Waals surface area contributed by atoms with Gasteiger partial charge in [-0.2, -0.15) is 0 Å². The highest BCUT2D eigenvalue weighted by molar-refractivity contribution is 5.87. The summed E-state index contributed by atoms with van der Waals surface area (Å²) in [6.45, 7) is -1.17. The van der Waals surface area contributed by atoms with E-state index >= 15 is 0 Å². The molecule has 16 heteroatoms. The number of aromatic hydroxyl groups is 3. The van der Waals surface area contributed by atoms with Crippen molar-refractivity contribution in [2.24, 2.45) is 0 Å². The third kappa shape index (κ3) is 7.64. The van der Waals surface area contributed by atoms with Crippen LogP contribution in [0.1, 0.15) is 17.2 Å². The van der Waals surface area contributed by atoms with Crippen LogP contribution in [-0.4, -0.2) is 98.8 Å². The standard InChI is InChI=1S/C40H36O16/c1-50-29-13-21(5-9-24(29)44)38-32(17-41)53-30-12-20(6-10-27(30)54-38)28-16-26(46)35-25(45)14-23(15-31(35)52-28)51-40-37(49)36(48)39(33(18-42)55-40)56-34(47)11-4-19-2-7-22(43)8-3-19/h2-16,32-33,36-45,48-49H,17-18H2,1H3/t32-,33-,36-,37-,38-,39-,40-/m1/s1. The quantitative estimate of drug-likeness (QED) is 0.0797. The summed E-state index contributed by atoms with van der Waals surface area (Å²) in [6.07, 6.45) is -7.23. The zero-order chi connectivity index (χ0) is 39.7. The summed E-state index contributed by atoms with van der Waals surface area (Å²) in [6, 6.07) is 18.8. The maximum absolute atomic E-state index is 13.2. The van der Waals surface area contributed by atoms with Crippen LogP contribution in [0.4, 0.5) is 0 Å². The molecule has 2 aliphatic heterocycles. The molecule has 4 aromatic carbocycles. The van der Waals surface area contributed by atoms with Crippen LogP contribution in [0.5, 0.6) is 40.2 Å². The average molecular weight is 773 g/mol. The first-order valence-corrected chi connectivity index (χ1v) is 17.2. The Bertz CT molecular complexity index is 2320. The number of phenols is 3. The van der Waals surface area contributed by atoms with E-state index in [0.717, 1.165) is 12.1 Å². The molecule has 1 aromatic heterocycles. The summed E-state index contributed by atoms with van der Waals surface area (Å²) in [5.74, 6) is -0.780. The van der Waals surface area contributed by atoms with Gasteiger partial charge in [-0.05, 0) is 54.1 Å². The van der Waals surface area contributed by atoms with E-state index in [1.165, 1.54) is 43.5 Å². The van der Waals surface area contributed by atoms with Gasteiger partial charge in [-0.15, -0.1) is 0 Å². The number of carbonyl (C=O) groups is 1. The highest BCUT2D eigenvalue weighted by Crippen LogP contribution is 2.43. The van der Waals surface area contributed by atoms with Crippen LogP contribution in [0.25, 0.3) is 28.4 Å². The number of fused-ring (bicyclic) bond motifs is 2. The lowest BCUT2D eigenvalue weighted by Crippen LogP contribution is -2.61. The fourth-order valence-corrected chi connectivity index (χ4v) is 6.38. The van der Waals surface area contributed by atoms with E-state index in [9.17, 15) is 45.3 Å². The Hall–Kier alpha value is -6.30. The van der Waals surface area contributed by atoms with Gasteiger partial charge < -0.3 is 68.6 Å². The van der Waals surface area contributed by atoms with E-state index in [1.807, 2.05) is 0 Å². The number of hydrogen-bond acceptors (Lipinski definition) is 16. The minimum atomic E-state index is -1.82. The molecule has 56 heavy (non-hydrogen) atoms. The number of aliphatic hydroxyl groups excluding tert-OH is 4. The Labute approximate surface area is 317 Å². The second-order valence-electron chi connectivity index (χ2n) is 12.9. The molecule has 0 bridgehead atoms. The van der Waals surface area contributed by atoms with Gasteiger partial charge in [0.1, 0.15) is 52.3 Å². The summed E-state index contributed by atoms with van der Waals surface area (Å²) in [5, 5.41) is 72.0. The molecule has 7 atom stereocenters. The molecular formula is C40H36O16. The molecule has 5 aromatic rings. The van der Waals surface area contributed by atoms with Crippen LogP contribution in [0, 0.1) is 0 Å². The molecule has 0 aliphatic carbocycles. The first-order valence-electron chi connectivity index (χ1n) is 17.2. The molecule has 16 nitrogen and oxygen atoms in total. The molecule has 0 unspecified atom stereocenters. The lowest BCUT2D eigenvalue weighted by molar-refractivity contribution is -0.280. The summed E-state index contributed by atoms with van der Waals surface area (Å²) in [4.78, 5) is 25.8. The number of rotatable bonds is 10. The maximum Gasteiger partial charge on any atom is 0.331 e. The predicted octanol–water partition coefficient (Wildman–Crippen LogP) is 2.90. The Morgan fingerprint density at radius 1 is 0.821 bits per heavy atom. The molecule has 1 fully saturated rings. The second-order valence-corrected chi connectivity index (χ2v) is 12.9. The van der Waals surface area contributed by atoms with Gasteiger partial charge in [0.15, 0.2) is 46.7 Å². The van der Waals surface area contributed by atoms with Crippen molar-refractivity contribution in [1.29, 1.82) is 0 Å². The van der Waals surface area contributed by atoms with Crippen molar-refractivity contribution in [1.82, 2.24) is 0 Å². The minimum Gasteiger partial charge on any atom is -0.508 e. The van der Waals surface area contributed by atoms with Crippen molar-refractivity contribution in [3.63, 3.8) is 0 Å². The topological polar surface area (TPSA) is 244 Å². The van der Waals surface area contributed by atoms with Crippen LogP contribution < -0.4 is 24.4 Å². The fraction of sp³-hybridized carbons (Fsp3) is 0.250. The van der Waals surface area contributed by atoms with Crippen LogP contribution in [-0.2, 0) is 14.3 Å². The highest BCUT2D eigenvalue weighted by Gasteiger charge is 2.47. The van der Waals surface area contributed by atoms with Gasteiger partial charge in [-0.1, -0.05) is 18.2 Å². The zero-order valence-electron chi connectivity index (χ0n) is 29.4. The molecule has 292 valence electrons. The highest BCUT2D eigenvalue weighted by atomic mass is 16.7. The maximum atomic E-state index is 13.2. The molecule has 0 amide bonds. The number of aliphatic hydroxyl groups is 4. The van der Waals surface area contributed by atoms with Crippen molar-refractivity contribution >= 4 is 23.0 Å². The smallest absolute Gasteiger partial charge is 0.331 e. The van der Waals surface area contributed by atoms with Crippen molar-refractivity contribution in [3.05, 3.63) is 106 Å². The summed E-state index contributed by atoms with van der Waals surface area (Å²) in [5.41, 5.74) is 0.793. The van der Waals surface area contributed by atoms with Gasteiger partial charge in [-0.25, -0.2) is 4.79 Å². The SMILES string of the molecule is COc1cc([C@H]2Oc3ccc(-c4cc(=O)c5c(O)cc(O[C@@H]6O[C@H](CO)[C@@H](OC(=O)C=Cc7ccc(O)cc7)[C@H](O)[C@H]6O)cc5o4)cc3O[C@@H]2CO)ccc1O. The van der Waals surface area contributed by atoms with Crippen LogP contribution in [0.3, 0.4) is 0 Å². The number of carbonyl (C=O) groups excluding carboxylic acids is 1. The Morgan fingerprint density at radius 3 is 2.32 bits per heavy atom. The zero-order valence-corrected chi connectivity index (χ0v) is 29.4. The van der Waals surface area contributed by atoms with E-state index in [0.29, 0.717) is 22.4 Å². The van der Waals surface area contributed by atoms with E-state index in [2.05, 4.69) is 0 Å². The van der Waals surface area contributed by atoms with Crippen molar-refractivity contribution < 1.29 is 73.4 Å². The van der Waals surface area contributed by atoms with Gasteiger partial charge in [0.05, 0.1) is 20.3 Å². The van der Waals surface area contributed by atoms with Crippen molar-refractivity contribution in [2.45, 2.75) is 42.9 Å². The van der Waals surface area contributed by atoms with Gasteiger partial charge in [0, 0.05) is 35.4 Å².